The van der Waals surface area contributed by atoms with Gasteiger partial charge in [-0.2, -0.15) is 9.57 Å². The minimum Gasteiger partial charge on any atom is -0.361 e. The summed E-state index contributed by atoms with van der Waals surface area (Å²) in [5.41, 5.74) is 5.99. The average Bonchev–Trinajstić information content (AvgIpc) is 2.53. The average molecular weight is 305 g/mol. The lowest BCUT2D eigenvalue weighted by Gasteiger charge is -2.28. The van der Waals surface area contributed by atoms with Gasteiger partial charge in [-0.3, -0.25) is 0 Å². The van der Waals surface area contributed by atoms with Crippen molar-refractivity contribution in [2.45, 2.75) is 11.0 Å². The van der Waals surface area contributed by atoms with Crippen molar-refractivity contribution in [2.75, 3.05) is 26.2 Å². The molecule has 110 valence electrons. The topological polar surface area (TPSA) is 96.4 Å². The number of rotatable bonds is 2. The van der Waals surface area contributed by atoms with Crippen LogP contribution in [0.25, 0.3) is 0 Å². The van der Waals surface area contributed by atoms with Crippen LogP contribution in [0.4, 0.5) is 0 Å². The molecular formula is C14H15N3O3S. The minimum absolute atomic E-state index is 0.0492. The lowest BCUT2D eigenvalue weighted by Crippen LogP contribution is -2.44. The molecule has 0 aromatic heterocycles. The third kappa shape index (κ3) is 3.60. The van der Waals surface area contributed by atoms with Crippen LogP contribution in [-0.2, 0) is 14.8 Å². The first-order chi connectivity index (χ1) is 10.1. The first-order valence-corrected chi connectivity index (χ1v) is 7.82. The number of nitrogens with two attached hydrogens (primary N) is 1. The number of ether oxygens (including phenoxy) is 1. The molecule has 0 aliphatic carbocycles. The summed E-state index contributed by atoms with van der Waals surface area (Å²) < 4.78 is 31.4. The molecule has 1 aliphatic rings. The summed E-state index contributed by atoms with van der Waals surface area (Å²) in [6.07, 6.45) is -0.719. The molecule has 7 heteroatoms. The minimum atomic E-state index is -3.61. The summed E-state index contributed by atoms with van der Waals surface area (Å²) in [6.45, 7) is 0.768. The van der Waals surface area contributed by atoms with E-state index in [2.05, 4.69) is 11.8 Å². The number of benzene rings is 1. The van der Waals surface area contributed by atoms with Gasteiger partial charge in [0.2, 0.25) is 10.0 Å². The van der Waals surface area contributed by atoms with Gasteiger partial charge < -0.3 is 10.5 Å². The second-order valence-corrected chi connectivity index (χ2v) is 6.32. The fourth-order valence-electron chi connectivity index (χ4n) is 1.93. The molecule has 1 heterocycles. The van der Waals surface area contributed by atoms with Gasteiger partial charge >= 0.3 is 0 Å². The first kappa shape index (κ1) is 15.5. The highest BCUT2D eigenvalue weighted by molar-refractivity contribution is 7.89. The first-order valence-electron chi connectivity index (χ1n) is 6.38. The van der Waals surface area contributed by atoms with E-state index in [1.54, 1.807) is 12.1 Å². The number of nitriles is 1. The highest BCUT2D eigenvalue weighted by Crippen LogP contribution is 2.19. The molecular weight excluding hydrogens is 290 g/mol. The van der Waals surface area contributed by atoms with Crippen molar-refractivity contribution in [3.05, 3.63) is 29.8 Å². The molecule has 0 radical (unpaired) electrons. The maximum atomic E-state index is 12.5. The monoisotopic (exact) mass is 305 g/mol. The van der Waals surface area contributed by atoms with Crippen molar-refractivity contribution in [1.29, 1.82) is 5.26 Å². The summed E-state index contributed by atoms with van der Waals surface area (Å²) >= 11 is 0. The molecule has 1 aromatic rings. The second kappa shape index (κ2) is 6.70. The molecule has 2 N–H and O–H groups in total. The molecule has 1 aliphatic heterocycles. The lowest BCUT2D eigenvalue weighted by molar-refractivity contribution is 0.0311. The molecule has 0 spiro atoms. The van der Waals surface area contributed by atoms with Crippen LogP contribution in [0.3, 0.4) is 0 Å². The Hall–Kier alpha value is -1.90. The number of nitrogens with zero attached hydrogens (tertiary/aromatic N) is 2. The van der Waals surface area contributed by atoms with Crippen molar-refractivity contribution in [3.63, 3.8) is 0 Å². The normalized spacial score (nSPS) is 19.3. The van der Waals surface area contributed by atoms with Crippen LogP contribution < -0.4 is 5.73 Å². The van der Waals surface area contributed by atoms with Gasteiger partial charge in [0, 0.05) is 12.1 Å². The van der Waals surface area contributed by atoms with E-state index in [-0.39, 0.29) is 31.1 Å². The lowest BCUT2D eigenvalue weighted by atomic mass is 10.2. The fraction of sp³-hybridized carbons (Fsp3) is 0.357. The molecule has 1 fully saturated rings. The van der Waals surface area contributed by atoms with Crippen molar-refractivity contribution in [1.82, 2.24) is 4.31 Å². The third-order valence-electron chi connectivity index (χ3n) is 3.00. The molecule has 1 saturated heterocycles. The van der Waals surface area contributed by atoms with Gasteiger partial charge in [-0.05, 0) is 24.3 Å². The van der Waals surface area contributed by atoms with Crippen LogP contribution in [0.2, 0.25) is 0 Å². The zero-order chi connectivity index (χ0) is 15.3. The number of sulfonamides is 1. The van der Waals surface area contributed by atoms with Crippen LogP contribution in [0, 0.1) is 23.2 Å². The molecule has 2 rings (SSSR count). The Bertz CT molecular complexity index is 696. The Labute approximate surface area is 124 Å². The van der Waals surface area contributed by atoms with Gasteiger partial charge in [-0.1, -0.05) is 11.8 Å². The van der Waals surface area contributed by atoms with Crippen molar-refractivity contribution < 1.29 is 13.2 Å². The van der Waals surface area contributed by atoms with E-state index in [9.17, 15) is 8.42 Å². The van der Waals surface area contributed by atoms with Gasteiger partial charge in [0.05, 0.1) is 30.7 Å². The molecule has 0 bridgehead atoms. The smallest absolute Gasteiger partial charge is 0.243 e. The van der Waals surface area contributed by atoms with E-state index in [4.69, 9.17) is 15.7 Å². The van der Waals surface area contributed by atoms with Crippen molar-refractivity contribution in [2.24, 2.45) is 5.73 Å². The summed E-state index contributed by atoms with van der Waals surface area (Å²) in [5, 5.41) is 8.84. The molecule has 1 aromatic carbocycles. The Morgan fingerprint density at radius 2 is 2.10 bits per heavy atom. The van der Waals surface area contributed by atoms with Gasteiger partial charge in [0.1, 0.15) is 0 Å². The summed E-state index contributed by atoms with van der Waals surface area (Å²) in [7, 11) is -3.61. The maximum Gasteiger partial charge on any atom is 0.243 e. The summed E-state index contributed by atoms with van der Waals surface area (Å²) in [6, 6.07) is 8.22. The van der Waals surface area contributed by atoms with Crippen LogP contribution in [0.15, 0.2) is 29.2 Å². The zero-order valence-electron chi connectivity index (χ0n) is 11.3. The van der Waals surface area contributed by atoms with Gasteiger partial charge in [0.15, 0.2) is 6.10 Å². The van der Waals surface area contributed by atoms with Gasteiger partial charge in [-0.25, -0.2) is 8.42 Å². The van der Waals surface area contributed by atoms with E-state index >= 15 is 0 Å². The Balaban J connectivity index is 2.21. The second-order valence-electron chi connectivity index (χ2n) is 4.38. The Kier molecular flexibility index (Phi) is 4.94. The zero-order valence-corrected chi connectivity index (χ0v) is 12.1. The molecule has 0 amide bonds. The van der Waals surface area contributed by atoms with Crippen LogP contribution >= 0.6 is 0 Å². The highest BCUT2D eigenvalue weighted by atomic mass is 32.2. The van der Waals surface area contributed by atoms with Crippen LogP contribution in [0.5, 0.6) is 0 Å². The van der Waals surface area contributed by atoms with E-state index in [1.807, 2.05) is 6.07 Å². The predicted molar refractivity (Wildman–Crippen MR) is 76.5 cm³/mol. The summed E-state index contributed by atoms with van der Waals surface area (Å²) in [5.74, 6) is 5.54. The highest BCUT2D eigenvalue weighted by Gasteiger charge is 2.30. The molecule has 1 unspecified atom stereocenters. The standard InChI is InChI=1S/C14H15N3O3S/c15-7-1-2-12-3-5-14(6-4-12)21(18,19)17-8-9-20-13(10-16)11-17/h3-6,13H,7-9,11,15H2. The van der Waals surface area contributed by atoms with Crippen molar-refractivity contribution >= 4 is 10.0 Å². The van der Waals surface area contributed by atoms with Crippen molar-refractivity contribution in [3.8, 4) is 17.9 Å². The van der Waals surface area contributed by atoms with Gasteiger partial charge in [0.25, 0.3) is 0 Å². The Morgan fingerprint density at radius 1 is 1.38 bits per heavy atom. The summed E-state index contributed by atoms with van der Waals surface area (Å²) in [4.78, 5) is 0.180. The van der Waals surface area contributed by atoms with E-state index in [0.29, 0.717) is 5.56 Å². The predicted octanol–water partition coefficient (Wildman–Crippen LogP) is -0.0901. The van der Waals surface area contributed by atoms with E-state index < -0.39 is 16.1 Å². The Morgan fingerprint density at radius 3 is 2.71 bits per heavy atom. The van der Waals surface area contributed by atoms with Crippen LogP contribution in [-0.4, -0.2) is 45.1 Å². The molecule has 6 nitrogen and oxygen atoms in total. The van der Waals surface area contributed by atoms with E-state index in [1.165, 1.54) is 16.4 Å². The quantitative estimate of drug-likeness (QED) is 0.770. The molecule has 1 atom stereocenters. The molecule has 21 heavy (non-hydrogen) atoms. The SMILES string of the molecule is N#CC1CN(S(=O)(=O)c2ccc(C#CCN)cc2)CCO1. The molecule has 0 saturated carbocycles. The van der Waals surface area contributed by atoms with E-state index in [0.717, 1.165) is 0 Å². The fourth-order valence-corrected chi connectivity index (χ4v) is 3.36. The largest absolute Gasteiger partial charge is 0.361 e. The maximum absolute atomic E-state index is 12.5. The third-order valence-corrected chi connectivity index (χ3v) is 4.88. The number of hydrogen-bond donors (Lipinski definition) is 1. The van der Waals surface area contributed by atoms with Crippen LogP contribution in [0.1, 0.15) is 5.56 Å². The number of hydrogen-bond acceptors (Lipinski definition) is 5. The number of morpholine rings is 1. The van der Waals surface area contributed by atoms with Gasteiger partial charge in [-0.15, -0.1) is 0 Å².